The normalized spacial score (nSPS) is 14.5. The molecular weight excluding hydrogens is 485 g/mol. The lowest BCUT2D eigenvalue weighted by atomic mass is 9.94. The third-order valence-electron chi connectivity index (χ3n) is 7.00. The van der Waals surface area contributed by atoms with Gasteiger partial charge in [0, 0.05) is 12.8 Å². The van der Waals surface area contributed by atoms with Crippen LogP contribution in [0, 0.1) is 5.92 Å². The van der Waals surface area contributed by atoms with Crippen LogP contribution >= 0.6 is 7.82 Å². The Morgan fingerprint density at radius 3 is 1.62 bits per heavy atom. The van der Waals surface area contributed by atoms with E-state index in [1.165, 1.54) is 89.9 Å². The molecule has 0 aliphatic carbocycles. The van der Waals surface area contributed by atoms with Gasteiger partial charge >= 0.3 is 7.82 Å². The average molecular weight is 549 g/mol. The minimum absolute atomic E-state index is 0.0202. The highest BCUT2D eigenvalue weighted by Gasteiger charge is 2.25. The fourth-order valence-electron chi connectivity index (χ4n) is 4.60. The molecule has 0 saturated heterocycles. The lowest BCUT2D eigenvalue weighted by Crippen LogP contribution is -2.37. The van der Waals surface area contributed by atoms with Gasteiger partial charge < -0.3 is 9.38 Å². The number of ketones is 1. The van der Waals surface area contributed by atoms with E-state index < -0.39 is 7.82 Å². The first-order valence-corrected chi connectivity index (χ1v) is 17.0. The van der Waals surface area contributed by atoms with Crippen LogP contribution in [0.5, 0.6) is 0 Å². The summed E-state index contributed by atoms with van der Waals surface area (Å²) in [6.07, 6.45) is 24.0. The van der Waals surface area contributed by atoms with Crippen LogP contribution in [0.1, 0.15) is 142 Å². The summed E-state index contributed by atoms with van der Waals surface area (Å²) in [4.78, 5) is 22.2. The summed E-state index contributed by atoms with van der Waals surface area (Å²) < 4.78 is 23.3. The van der Waals surface area contributed by atoms with Gasteiger partial charge in [0.2, 0.25) is 0 Å². The number of unbranched alkanes of at least 4 members (excludes halogenated alkanes) is 15. The Bertz CT molecular complexity index is 579. The first-order chi connectivity index (χ1) is 17.6. The van der Waals surface area contributed by atoms with Crippen LogP contribution in [0.3, 0.4) is 0 Å². The molecule has 2 unspecified atom stereocenters. The Labute approximate surface area is 230 Å². The quantitative estimate of drug-likeness (QED) is 0.0600. The second-order valence-corrected chi connectivity index (χ2v) is 13.5. The van der Waals surface area contributed by atoms with Crippen LogP contribution in [-0.4, -0.2) is 56.1 Å². The summed E-state index contributed by atoms with van der Waals surface area (Å²) in [5.41, 5.74) is 0. The van der Waals surface area contributed by atoms with Crippen LogP contribution in [0.2, 0.25) is 0 Å². The zero-order chi connectivity index (χ0) is 27.8. The van der Waals surface area contributed by atoms with E-state index in [9.17, 15) is 14.3 Å². The van der Waals surface area contributed by atoms with Gasteiger partial charge in [-0.05, 0) is 18.8 Å². The summed E-state index contributed by atoms with van der Waals surface area (Å²) in [6, 6.07) is 0. The standard InChI is InChI=1S/C30H62NO5P/c1-6-8-9-10-11-12-13-14-15-16-17-18-19-20-21-22-24-29(27-30(32)23-7-2)28-36-37(33,34)35-26-25-31(3,4)5/h29H,6-28H2,1-5H3/p+1. The first-order valence-electron chi connectivity index (χ1n) is 15.5. The number of nitrogens with zero attached hydrogens (tertiary/aromatic N) is 1. The maximum Gasteiger partial charge on any atom is 0.472 e. The summed E-state index contributed by atoms with van der Waals surface area (Å²) in [5, 5.41) is 0. The maximum absolute atomic E-state index is 12.3. The molecule has 0 radical (unpaired) electrons. The number of likely N-dealkylation sites (N-methyl/N-ethyl adjacent to an activating group) is 1. The number of carbonyl (C=O) groups is 1. The molecule has 0 aliphatic rings. The predicted octanol–water partition coefficient (Wildman–Crippen LogP) is 8.85. The molecule has 2 atom stereocenters. The third kappa shape index (κ3) is 27.1. The zero-order valence-corrected chi connectivity index (χ0v) is 26.2. The number of phosphoric acid groups is 1. The largest absolute Gasteiger partial charge is 0.472 e. The van der Waals surface area contributed by atoms with Crippen molar-refractivity contribution < 1.29 is 27.8 Å². The molecule has 0 heterocycles. The Balaban J connectivity index is 3.96. The van der Waals surface area contributed by atoms with Crippen LogP contribution < -0.4 is 0 Å². The van der Waals surface area contributed by atoms with Crippen LogP contribution in [-0.2, 0) is 18.4 Å². The molecule has 0 rings (SSSR count). The molecule has 0 bridgehead atoms. The van der Waals surface area contributed by atoms with Crippen molar-refractivity contribution in [3.8, 4) is 0 Å². The fourth-order valence-corrected chi connectivity index (χ4v) is 5.38. The topological polar surface area (TPSA) is 72.8 Å². The summed E-state index contributed by atoms with van der Waals surface area (Å²) in [5.74, 6) is 0.194. The number of rotatable bonds is 28. The number of Topliss-reactive ketones (excluding diaryl/α,β-unsaturated/α-hetero) is 1. The van der Waals surface area contributed by atoms with Gasteiger partial charge in [-0.1, -0.05) is 117 Å². The minimum atomic E-state index is -4.09. The second-order valence-electron chi connectivity index (χ2n) is 12.1. The summed E-state index contributed by atoms with van der Waals surface area (Å²) in [7, 11) is 1.91. The van der Waals surface area contributed by atoms with Gasteiger partial charge in [-0.25, -0.2) is 4.57 Å². The van der Waals surface area contributed by atoms with E-state index in [4.69, 9.17) is 9.05 Å². The molecule has 222 valence electrons. The third-order valence-corrected chi connectivity index (χ3v) is 7.99. The van der Waals surface area contributed by atoms with Gasteiger partial charge in [-0.2, -0.15) is 0 Å². The van der Waals surface area contributed by atoms with Crippen molar-refractivity contribution in [3.63, 3.8) is 0 Å². The molecule has 0 aromatic heterocycles. The van der Waals surface area contributed by atoms with Gasteiger partial charge in [0.1, 0.15) is 18.9 Å². The predicted molar refractivity (Wildman–Crippen MR) is 157 cm³/mol. The molecule has 6 nitrogen and oxygen atoms in total. The Morgan fingerprint density at radius 2 is 1.19 bits per heavy atom. The number of hydrogen-bond donors (Lipinski definition) is 1. The second kappa shape index (κ2) is 23.6. The van der Waals surface area contributed by atoms with Crippen molar-refractivity contribution >= 4 is 13.6 Å². The molecule has 0 aromatic carbocycles. The number of phosphoric ester groups is 1. The minimum Gasteiger partial charge on any atom is -0.329 e. The molecule has 0 saturated carbocycles. The molecule has 7 heteroatoms. The van der Waals surface area contributed by atoms with Crippen molar-refractivity contribution in [1.82, 2.24) is 0 Å². The van der Waals surface area contributed by atoms with Gasteiger partial charge in [-0.15, -0.1) is 0 Å². The van der Waals surface area contributed by atoms with E-state index in [0.29, 0.717) is 23.9 Å². The molecule has 37 heavy (non-hydrogen) atoms. The van der Waals surface area contributed by atoms with E-state index >= 15 is 0 Å². The monoisotopic (exact) mass is 548 g/mol. The number of quaternary nitrogens is 1. The Kier molecular flexibility index (Phi) is 23.4. The highest BCUT2D eigenvalue weighted by atomic mass is 31.2. The summed E-state index contributed by atoms with van der Waals surface area (Å²) >= 11 is 0. The van der Waals surface area contributed by atoms with Crippen LogP contribution in [0.15, 0.2) is 0 Å². The SMILES string of the molecule is CCCCCCCCCCCCCCCCCCC(COP(=O)(O)OCC[N+](C)(C)C)CC(=O)CCC. The van der Waals surface area contributed by atoms with Crippen LogP contribution in [0.25, 0.3) is 0 Å². The zero-order valence-electron chi connectivity index (χ0n) is 25.3. The highest BCUT2D eigenvalue weighted by Crippen LogP contribution is 2.44. The van der Waals surface area contributed by atoms with Crippen molar-refractivity contribution in [1.29, 1.82) is 0 Å². The van der Waals surface area contributed by atoms with Gasteiger partial charge in [0.15, 0.2) is 0 Å². The first kappa shape index (κ1) is 36.7. The molecule has 1 N–H and O–H groups in total. The fraction of sp³-hybridized carbons (Fsp3) is 0.967. The van der Waals surface area contributed by atoms with E-state index in [1.807, 2.05) is 28.1 Å². The van der Waals surface area contributed by atoms with Crippen molar-refractivity contribution in [2.45, 2.75) is 142 Å². The van der Waals surface area contributed by atoms with Crippen molar-refractivity contribution in [2.24, 2.45) is 5.92 Å². The maximum atomic E-state index is 12.3. The molecule has 0 amide bonds. The molecule has 0 aliphatic heterocycles. The molecule has 0 fully saturated rings. The summed E-state index contributed by atoms with van der Waals surface area (Å²) in [6.45, 7) is 5.16. The van der Waals surface area contributed by atoms with E-state index in [-0.39, 0.29) is 24.9 Å². The molecule has 0 spiro atoms. The smallest absolute Gasteiger partial charge is 0.329 e. The molecule has 0 aromatic rings. The van der Waals surface area contributed by atoms with E-state index in [0.717, 1.165) is 25.7 Å². The van der Waals surface area contributed by atoms with Crippen molar-refractivity contribution in [2.75, 3.05) is 40.9 Å². The van der Waals surface area contributed by atoms with Crippen LogP contribution in [0.4, 0.5) is 0 Å². The van der Waals surface area contributed by atoms with Gasteiger partial charge in [-0.3, -0.25) is 13.8 Å². The van der Waals surface area contributed by atoms with Crippen molar-refractivity contribution in [3.05, 3.63) is 0 Å². The molecular formula is C30H63NO5P+. The average Bonchev–Trinajstić information content (AvgIpc) is 2.81. The number of hydrogen-bond acceptors (Lipinski definition) is 4. The highest BCUT2D eigenvalue weighted by molar-refractivity contribution is 7.47. The number of carbonyl (C=O) groups excluding carboxylic acids is 1. The van der Waals surface area contributed by atoms with Gasteiger partial charge in [0.25, 0.3) is 0 Å². The Morgan fingerprint density at radius 1 is 0.730 bits per heavy atom. The lowest BCUT2D eigenvalue weighted by molar-refractivity contribution is -0.870. The van der Waals surface area contributed by atoms with E-state index in [2.05, 4.69) is 6.92 Å². The van der Waals surface area contributed by atoms with Gasteiger partial charge in [0.05, 0.1) is 27.7 Å². The Hall–Kier alpha value is -0.260. The lowest BCUT2D eigenvalue weighted by Gasteiger charge is -2.24. The van der Waals surface area contributed by atoms with E-state index in [1.54, 1.807) is 0 Å².